The Morgan fingerprint density at radius 2 is 1.53 bits per heavy atom. The lowest BCUT2D eigenvalue weighted by Crippen LogP contribution is -2.56. The molecule has 30 heavy (non-hydrogen) atoms. The highest BCUT2D eigenvalue weighted by Gasteiger charge is 2.39. The Morgan fingerprint density at radius 3 is 2.03 bits per heavy atom. The number of carbonyl (C=O) groups is 4. The topological polar surface area (TPSA) is 101 Å². The molecular formula is C21H19NO6S2. The summed E-state index contributed by atoms with van der Waals surface area (Å²) in [5.74, 6) is -0.346. The zero-order chi connectivity index (χ0) is 21.5. The molecule has 1 aliphatic heterocycles. The van der Waals surface area contributed by atoms with Crippen molar-refractivity contribution in [1.29, 1.82) is 0 Å². The molecule has 1 saturated heterocycles. The Labute approximate surface area is 181 Å². The molecule has 0 saturated carbocycles. The highest BCUT2D eigenvalue weighted by atomic mass is 32.2. The number of likely N-dealkylation sites (tertiary alicyclic amines) is 1. The van der Waals surface area contributed by atoms with Crippen molar-refractivity contribution < 1.29 is 29.0 Å². The van der Waals surface area contributed by atoms with Crippen LogP contribution in [0.2, 0.25) is 0 Å². The first kappa shape index (κ1) is 21.9. The number of hydrogen-bond donors (Lipinski definition) is 1. The van der Waals surface area contributed by atoms with Crippen molar-refractivity contribution >= 4 is 45.8 Å². The monoisotopic (exact) mass is 445 g/mol. The van der Waals surface area contributed by atoms with Gasteiger partial charge in [0.25, 0.3) is 0 Å². The summed E-state index contributed by atoms with van der Waals surface area (Å²) < 4.78 is 4.71. The lowest BCUT2D eigenvalue weighted by molar-refractivity contribution is -0.155. The molecule has 0 spiro atoms. The molecular weight excluding hydrogens is 426 g/mol. The molecule has 156 valence electrons. The molecule has 0 bridgehead atoms. The molecule has 7 nitrogen and oxygen atoms in total. The standard InChI is InChI=1S/C21H19NO6S2/c23-18(22-12-11-17(22)28-21(26)27)16(30-20(25)15-9-5-2-6-10-15)13-29-19(24)14-7-3-1-4-8-14/h1-10,16-17H,11-13H2,(H,26,27). The summed E-state index contributed by atoms with van der Waals surface area (Å²) in [4.78, 5) is 50.2. The van der Waals surface area contributed by atoms with E-state index in [0.717, 1.165) is 23.5 Å². The lowest BCUT2D eigenvalue weighted by atomic mass is 10.1. The van der Waals surface area contributed by atoms with Crippen LogP contribution in [0.1, 0.15) is 27.1 Å². The van der Waals surface area contributed by atoms with Crippen molar-refractivity contribution in [1.82, 2.24) is 4.90 Å². The summed E-state index contributed by atoms with van der Waals surface area (Å²) >= 11 is 1.79. The number of benzene rings is 2. The second kappa shape index (κ2) is 10.3. The van der Waals surface area contributed by atoms with Gasteiger partial charge in [-0.15, -0.1) is 0 Å². The summed E-state index contributed by atoms with van der Waals surface area (Å²) in [6.45, 7) is 0.338. The smallest absolute Gasteiger partial charge is 0.450 e. The average Bonchev–Trinajstić information content (AvgIpc) is 2.74. The van der Waals surface area contributed by atoms with Crippen LogP contribution in [0, 0.1) is 0 Å². The highest BCUT2D eigenvalue weighted by molar-refractivity contribution is 8.18. The zero-order valence-corrected chi connectivity index (χ0v) is 17.4. The van der Waals surface area contributed by atoms with E-state index in [-0.39, 0.29) is 16.0 Å². The molecule has 2 unspecified atom stereocenters. The SMILES string of the molecule is O=C(O)OC1CCN1C(=O)C(CSC(=O)c1ccccc1)SC(=O)c1ccccc1. The zero-order valence-electron chi connectivity index (χ0n) is 15.8. The van der Waals surface area contributed by atoms with Gasteiger partial charge in [0.05, 0.1) is 0 Å². The normalized spacial score (nSPS) is 16.3. The molecule has 1 heterocycles. The predicted molar refractivity (Wildman–Crippen MR) is 115 cm³/mol. The molecule has 0 aromatic heterocycles. The predicted octanol–water partition coefficient (Wildman–Crippen LogP) is 3.76. The lowest BCUT2D eigenvalue weighted by Gasteiger charge is -2.40. The van der Waals surface area contributed by atoms with E-state index in [2.05, 4.69) is 0 Å². The summed E-state index contributed by atoms with van der Waals surface area (Å²) in [5.41, 5.74) is 0.950. The second-order valence-electron chi connectivity index (χ2n) is 6.38. The van der Waals surface area contributed by atoms with E-state index < -0.39 is 23.5 Å². The van der Waals surface area contributed by atoms with Crippen molar-refractivity contribution in [2.75, 3.05) is 12.3 Å². The third-order valence-electron chi connectivity index (χ3n) is 4.39. The van der Waals surface area contributed by atoms with E-state index in [1.54, 1.807) is 60.7 Å². The molecule has 0 aliphatic carbocycles. The van der Waals surface area contributed by atoms with Gasteiger partial charge >= 0.3 is 6.16 Å². The van der Waals surface area contributed by atoms with Crippen LogP contribution in [0.5, 0.6) is 0 Å². The highest BCUT2D eigenvalue weighted by Crippen LogP contribution is 2.29. The Morgan fingerprint density at radius 1 is 0.967 bits per heavy atom. The molecule has 2 aromatic carbocycles. The van der Waals surface area contributed by atoms with E-state index in [1.807, 2.05) is 0 Å². The van der Waals surface area contributed by atoms with E-state index in [4.69, 9.17) is 9.84 Å². The minimum atomic E-state index is -1.46. The van der Waals surface area contributed by atoms with E-state index in [0.29, 0.717) is 24.1 Å². The molecule has 1 amide bonds. The number of carboxylic acid groups (broad SMARTS) is 1. The third-order valence-corrected chi connectivity index (χ3v) is 6.71. The molecule has 1 fully saturated rings. The van der Waals surface area contributed by atoms with Crippen molar-refractivity contribution in [3.63, 3.8) is 0 Å². The fourth-order valence-corrected chi connectivity index (χ4v) is 4.77. The van der Waals surface area contributed by atoms with Crippen LogP contribution in [0.15, 0.2) is 60.7 Å². The van der Waals surface area contributed by atoms with Crippen LogP contribution in [-0.4, -0.2) is 56.1 Å². The van der Waals surface area contributed by atoms with Gasteiger partial charge in [0, 0.05) is 29.8 Å². The van der Waals surface area contributed by atoms with Crippen molar-refractivity contribution in [2.24, 2.45) is 0 Å². The summed E-state index contributed by atoms with van der Waals surface area (Å²) in [6, 6.07) is 17.2. The fraction of sp³-hybridized carbons (Fsp3) is 0.238. The fourth-order valence-electron chi connectivity index (χ4n) is 2.78. The van der Waals surface area contributed by atoms with Crippen LogP contribution >= 0.6 is 23.5 Å². The largest absolute Gasteiger partial charge is 0.507 e. The quantitative estimate of drug-likeness (QED) is 0.643. The number of ether oxygens (including phenoxy) is 1. The van der Waals surface area contributed by atoms with Gasteiger partial charge in [-0.1, -0.05) is 84.2 Å². The third kappa shape index (κ3) is 5.64. The van der Waals surface area contributed by atoms with Gasteiger partial charge in [-0.25, -0.2) is 4.79 Å². The summed E-state index contributed by atoms with van der Waals surface area (Å²) in [7, 11) is 0. The number of carbonyl (C=O) groups excluding carboxylic acids is 3. The van der Waals surface area contributed by atoms with Gasteiger partial charge in [-0.05, 0) is 0 Å². The van der Waals surface area contributed by atoms with E-state index in [9.17, 15) is 19.2 Å². The Balaban J connectivity index is 1.71. The molecule has 1 N–H and O–H groups in total. The molecule has 2 aromatic rings. The Kier molecular flexibility index (Phi) is 7.53. The van der Waals surface area contributed by atoms with Crippen LogP contribution in [0.3, 0.4) is 0 Å². The van der Waals surface area contributed by atoms with Crippen LogP contribution in [-0.2, 0) is 9.53 Å². The first-order valence-corrected chi connectivity index (χ1v) is 11.0. The van der Waals surface area contributed by atoms with E-state index >= 15 is 0 Å². The Bertz CT molecular complexity index is 922. The molecule has 2 atom stereocenters. The number of thioether (sulfide) groups is 2. The van der Waals surface area contributed by atoms with Crippen LogP contribution in [0.25, 0.3) is 0 Å². The van der Waals surface area contributed by atoms with Gasteiger partial charge in [0.1, 0.15) is 5.25 Å². The van der Waals surface area contributed by atoms with E-state index in [1.165, 1.54) is 4.90 Å². The van der Waals surface area contributed by atoms with Crippen LogP contribution in [0.4, 0.5) is 4.79 Å². The number of hydrogen-bond acceptors (Lipinski definition) is 7. The maximum absolute atomic E-state index is 13.0. The van der Waals surface area contributed by atoms with Crippen molar-refractivity contribution in [3.8, 4) is 0 Å². The maximum atomic E-state index is 13.0. The first-order valence-electron chi connectivity index (χ1n) is 9.14. The minimum absolute atomic E-state index is 0.0755. The number of amides is 1. The van der Waals surface area contributed by atoms with Gasteiger partial charge in [0.15, 0.2) is 6.23 Å². The minimum Gasteiger partial charge on any atom is -0.450 e. The van der Waals surface area contributed by atoms with Gasteiger partial charge in [-0.3, -0.25) is 14.4 Å². The Hall–Kier alpha value is -2.78. The number of rotatable bonds is 7. The first-order chi connectivity index (χ1) is 14.5. The maximum Gasteiger partial charge on any atom is 0.507 e. The number of nitrogens with zero attached hydrogens (tertiary/aromatic N) is 1. The van der Waals surface area contributed by atoms with Crippen LogP contribution < -0.4 is 0 Å². The summed E-state index contributed by atoms with van der Waals surface area (Å²) in [6.07, 6.45) is -1.92. The van der Waals surface area contributed by atoms with Crippen molar-refractivity contribution in [3.05, 3.63) is 71.8 Å². The molecule has 9 heteroatoms. The van der Waals surface area contributed by atoms with Gasteiger partial charge in [0.2, 0.25) is 16.1 Å². The second-order valence-corrected chi connectivity index (χ2v) is 8.55. The van der Waals surface area contributed by atoms with Gasteiger partial charge < -0.3 is 14.7 Å². The average molecular weight is 446 g/mol. The molecule has 3 rings (SSSR count). The molecule has 1 aliphatic rings. The molecule has 0 radical (unpaired) electrons. The van der Waals surface area contributed by atoms with Gasteiger partial charge in [-0.2, -0.15) is 0 Å². The summed E-state index contributed by atoms with van der Waals surface area (Å²) in [5, 5.41) is 7.46. The van der Waals surface area contributed by atoms with Crippen molar-refractivity contribution in [2.45, 2.75) is 17.9 Å².